The lowest BCUT2D eigenvalue weighted by Crippen LogP contribution is -2.13. The summed E-state index contributed by atoms with van der Waals surface area (Å²) >= 11 is 0. The standard InChI is InChI=1S/C12H20N2/c1-9(2)10-5-6-12(14(3)4)11(7-10)8-13/h5-7,9H,8,13H2,1-4H3. The number of rotatable bonds is 3. The molecule has 2 nitrogen and oxygen atoms in total. The van der Waals surface area contributed by atoms with Gasteiger partial charge in [-0.05, 0) is 23.1 Å². The van der Waals surface area contributed by atoms with Gasteiger partial charge < -0.3 is 10.6 Å². The Labute approximate surface area is 86.7 Å². The molecule has 0 aliphatic rings. The maximum atomic E-state index is 5.73. The van der Waals surface area contributed by atoms with Crippen LogP contribution in [0.3, 0.4) is 0 Å². The molecular formula is C12H20N2. The lowest BCUT2D eigenvalue weighted by molar-refractivity contribution is 0.860. The highest BCUT2D eigenvalue weighted by molar-refractivity contribution is 5.54. The van der Waals surface area contributed by atoms with E-state index in [4.69, 9.17) is 5.73 Å². The van der Waals surface area contributed by atoms with Crippen molar-refractivity contribution in [2.45, 2.75) is 26.3 Å². The van der Waals surface area contributed by atoms with E-state index < -0.39 is 0 Å². The fraction of sp³-hybridized carbons (Fsp3) is 0.500. The molecule has 0 aliphatic heterocycles. The quantitative estimate of drug-likeness (QED) is 0.796. The Morgan fingerprint density at radius 3 is 2.36 bits per heavy atom. The molecule has 0 heterocycles. The molecule has 2 N–H and O–H groups in total. The van der Waals surface area contributed by atoms with Crippen LogP contribution >= 0.6 is 0 Å². The number of hydrogen-bond acceptors (Lipinski definition) is 2. The average Bonchev–Trinajstić information content (AvgIpc) is 2.16. The maximum Gasteiger partial charge on any atom is 0.0406 e. The SMILES string of the molecule is CC(C)c1ccc(N(C)C)c(CN)c1. The van der Waals surface area contributed by atoms with Crippen LogP contribution in [0.4, 0.5) is 5.69 Å². The van der Waals surface area contributed by atoms with Gasteiger partial charge >= 0.3 is 0 Å². The third-order valence-electron chi connectivity index (χ3n) is 2.47. The summed E-state index contributed by atoms with van der Waals surface area (Å²) in [5.74, 6) is 0.566. The van der Waals surface area contributed by atoms with Crippen LogP contribution < -0.4 is 10.6 Å². The lowest BCUT2D eigenvalue weighted by atomic mass is 9.99. The van der Waals surface area contributed by atoms with E-state index in [2.05, 4.69) is 36.9 Å². The van der Waals surface area contributed by atoms with Crippen LogP contribution in [0.2, 0.25) is 0 Å². The van der Waals surface area contributed by atoms with Gasteiger partial charge in [0.15, 0.2) is 0 Å². The van der Waals surface area contributed by atoms with E-state index in [1.807, 2.05) is 14.1 Å². The van der Waals surface area contributed by atoms with E-state index in [1.54, 1.807) is 0 Å². The van der Waals surface area contributed by atoms with Crippen molar-refractivity contribution in [2.24, 2.45) is 5.73 Å². The Bertz CT molecular complexity index is 303. The van der Waals surface area contributed by atoms with E-state index in [-0.39, 0.29) is 0 Å². The highest BCUT2D eigenvalue weighted by atomic mass is 15.1. The Kier molecular flexibility index (Phi) is 3.53. The number of benzene rings is 1. The summed E-state index contributed by atoms with van der Waals surface area (Å²) in [6.45, 7) is 5.00. The topological polar surface area (TPSA) is 29.3 Å². The van der Waals surface area contributed by atoms with E-state index in [1.165, 1.54) is 16.8 Å². The summed E-state index contributed by atoms with van der Waals surface area (Å²) in [5.41, 5.74) is 9.53. The predicted molar refractivity (Wildman–Crippen MR) is 62.7 cm³/mol. The highest BCUT2D eigenvalue weighted by Gasteiger charge is 2.06. The fourth-order valence-electron chi connectivity index (χ4n) is 1.56. The van der Waals surface area contributed by atoms with Gasteiger partial charge in [-0.15, -0.1) is 0 Å². The second-order valence-corrected chi connectivity index (χ2v) is 4.14. The second-order valence-electron chi connectivity index (χ2n) is 4.14. The minimum atomic E-state index is 0.566. The molecule has 0 unspecified atom stereocenters. The Morgan fingerprint density at radius 2 is 1.93 bits per heavy atom. The van der Waals surface area contributed by atoms with Crippen LogP contribution in [0, 0.1) is 0 Å². The smallest absolute Gasteiger partial charge is 0.0406 e. The Morgan fingerprint density at radius 1 is 1.29 bits per heavy atom. The molecule has 0 aromatic heterocycles. The number of nitrogens with zero attached hydrogens (tertiary/aromatic N) is 1. The van der Waals surface area contributed by atoms with E-state index >= 15 is 0 Å². The van der Waals surface area contributed by atoms with Crippen LogP contribution in [0.5, 0.6) is 0 Å². The van der Waals surface area contributed by atoms with Gasteiger partial charge in [0.05, 0.1) is 0 Å². The molecule has 1 aromatic carbocycles. The molecule has 2 heteroatoms. The lowest BCUT2D eigenvalue weighted by Gasteiger charge is -2.18. The molecule has 0 saturated carbocycles. The molecule has 0 saturated heterocycles. The first-order valence-electron chi connectivity index (χ1n) is 5.06. The van der Waals surface area contributed by atoms with Crippen LogP contribution in [0.25, 0.3) is 0 Å². The van der Waals surface area contributed by atoms with Crippen molar-refractivity contribution >= 4 is 5.69 Å². The van der Waals surface area contributed by atoms with Gasteiger partial charge in [-0.2, -0.15) is 0 Å². The second kappa shape index (κ2) is 4.47. The molecule has 0 atom stereocenters. The van der Waals surface area contributed by atoms with Crippen molar-refractivity contribution in [2.75, 3.05) is 19.0 Å². The number of anilines is 1. The number of nitrogens with two attached hydrogens (primary N) is 1. The maximum absolute atomic E-state index is 5.73. The molecule has 14 heavy (non-hydrogen) atoms. The zero-order valence-electron chi connectivity index (χ0n) is 9.54. The molecule has 1 aromatic rings. The van der Waals surface area contributed by atoms with Crippen LogP contribution in [-0.4, -0.2) is 14.1 Å². The zero-order chi connectivity index (χ0) is 10.7. The zero-order valence-corrected chi connectivity index (χ0v) is 9.54. The van der Waals surface area contributed by atoms with Gasteiger partial charge in [-0.3, -0.25) is 0 Å². The first-order chi connectivity index (χ1) is 6.56. The van der Waals surface area contributed by atoms with Gasteiger partial charge in [0.25, 0.3) is 0 Å². The molecule has 0 fully saturated rings. The highest BCUT2D eigenvalue weighted by Crippen LogP contribution is 2.23. The summed E-state index contributed by atoms with van der Waals surface area (Å²) in [6.07, 6.45) is 0. The van der Waals surface area contributed by atoms with Gasteiger partial charge in [-0.25, -0.2) is 0 Å². The Hall–Kier alpha value is -1.02. The molecule has 0 aliphatic carbocycles. The van der Waals surface area contributed by atoms with Crippen LogP contribution in [0.1, 0.15) is 30.9 Å². The van der Waals surface area contributed by atoms with Crippen molar-refractivity contribution in [3.63, 3.8) is 0 Å². The number of hydrogen-bond donors (Lipinski definition) is 1. The first kappa shape index (κ1) is 11.1. The average molecular weight is 192 g/mol. The first-order valence-corrected chi connectivity index (χ1v) is 5.06. The van der Waals surface area contributed by atoms with Crippen molar-refractivity contribution in [3.8, 4) is 0 Å². The summed E-state index contributed by atoms with van der Waals surface area (Å²) in [6, 6.07) is 6.54. The minimum Gasteiger partial charge on any atom is -0.377 e. The van der Waals surface area contributed by atoms with Crippen molar-refractivity contribution in [1.82, 2.24) is 0 Å². The minimum absolute atomic E-state index is 0.566. The van der Waals surface area contributed by atoms with Crippen molar-refractivity contribution in [3.05, 3.63) is 29.3 Å². The largest absolute Gasteiger partial charge is 0.377 e. The summed E-state index contributed by atoms with van der Waals surface area (Å²) in [7, 11) is 4.09. The fourth-order valence-corrected chi connectivity index (χ4v) is 1.56. The van der Waals surface area contributed by atoms with Crippen molar-refractivity contribution in [1.29, 1.82) is 0 Å². The molecule has 0 radical (unpaired) electrons. The van der Waals surface area contributed by atoms with E-state index in [9.17, 15) is 0 Å². The Balaban J connectivity index is 3.11. The van der Waals surface area contributed by atoms with Crippen molar-refractivity contribution < 1.29 is 0 Å². The molecule has 0 spiro atoms. The van der Waals surface area contributed by atoms with Gasteiger partial charge in [-0.1, -0.05) is 26.0 Å². The third kappa shape index (κ3) is 2.26. The molecular weight excluding hydrogens is 172 g/mol. The summed E-state index contributed by atoms with van der Waals surface area (Å²) < 4.78 is 0. The third-order valence-corrected chi connectivity index (χ3v) is 2.47. The predicted octanol–water partition coefficient (Wildman–Crippen LogP) is 2.33. The van der Waals surface area contributed by atoms with E-state index in [0.717, 1.165) is 0 Å². The monoisotopic (exact) mass is 192 g/mol. The van der Waals surface area contributed by atoms with Crippen LogP contribution in [-0.2, 0) is 6.54 Å². The molecule has 0 bridgehead atoms. The van der Waals surface area contributed by atoms with Gasteiger partial charge in [0.2, 0.25) is 0 Å². The molecule has 0 amide bonds. The normalized spacial score (nSPS) is 10.7. The summed E-state index contributed by atoms with van der Waals surface area (Å²) in [5, 5.41) is 0. The van der Waals surface area contributed by atoms with Gasteiger partial charge in [0, 0.05) is 26.3 Å². The molecule has 1 rings (SSSR count). The summed E-state index contributed by atoms with van der Waals surface area (Å²) in [4.78, 5) is 2.10. The van der Waals surface area contributed by atoms with Gasteiger partial charge in [0.1, 0.15) is 0 Å². The van der Waals surface area contributed by atoms with Crippen LogP contribution in [0.15, 0.2) is 18.2 Å². The van der Waals surface area contributed by atoms with E-state index in [0.29, 0.717) is 12.5 Å². The molecule has 78 valence electrons.